The number of aromatic hydroxyl groups is 1. The van der Waals surface area contributed by atoms with Crippen LogP contribution in [0.4, 0.5) is 5.69 Å². The highest BCUT2D eigenvalue weighted by atomic mass is 16.5. The fourth-order valence-electron chi connectivity index (χ4n) is 2.38. The number of anilines is 1. The van der Waals surface area contributed by atoms with Gasteiger partial charge in [-0.15, -0.1) is 0 Å². The molecule has 0 aliphatic carbocycles. The van der Waals surface area contributed by atoms with E-state index in [9.17, 15) is 9.90 Å². The number of amides is 1. The van der Waals surface area contributed by atoms with Gasteiger partial charge in [0.05, 0.1) is 6.42 Å². The number of para-hydroxylation sites is 1. The van der Waals surface area contributed by atoms with Gasteiger partial charge in [-0.3, -0.25) is 4.79 Å². The summed E-state index contributed by atoms with van der Waals surface area (Å²) in [5, 5.41) is 17.5. The van der Waals surface area contributed by atoms with E-state index in [1.54, 1.807) is 19.1 Å². The summed E-state index contributed by atoms with van der Waals surface area (Å²) in [6.07, 6.45) is 0.116. The van der Waals surface area contributed by atoms with E-state index >= 15 is 0 Å². The number of hydrogen-bond acceptors (Lipinski definition) is 4. The Balaban J connectivity index is 1.80. The first-order chi connectivity index (χ1) is 10.6. The number of fused-ring (bicyclic) bond motifs is 1. The van der Waals surface area contributed by atoms with Crippen LogP contribution in [0.15, 0.2) is 40.9 Å². The summed E-state index contributed by atoms with van der Waals surface area (Å²) in [6, 6.07) is 11.0. The Labute approximate surface area is 127 Å². The lowest BCUT2D eigenvalue weighted by Gasteiger charge is -2.10. The molecule has 0 fully saturated rings. The predicted octanol–water partition coefficient (Wildman–Crippen LogP) is 3.33. The summed E-state index contributed by atoms with van der Waals surface area (Å²) in [7, 11) is 0. The maximum absolute atomic E-state index is 12.2. The smallest absolute Gasteiger partial charge is 0.230 e. The summed E-state index contributed by atoms with van der Waals surface area (Å²) < 4.78 is 5.19. The quantitative estimate of drug-likeness (QED) is 0.777. The lowest BCUT2D eigenvalue weighted by atomic mass is 10.1. The summed E-state index contributed by atoms with van der Waals surface area (Å²) in [6.45, 7) is 3.58. The molecule has 3 aromatic rings. The zero-order chi connectivity index (χ0) is 15.7. The molecule has 5 heteroatoms. The number of aryl methyl sites for hydroxylation is 1. The number of phenols is 1. The zero-order valence-corrected chi connectivity index (χ0v) is 12.4. The fourth-order valence-corrected chi connectivity index (χ4v) is 2.38. The van der Waals surface area contributed by atoms with Crippen molar-refractivity contribution in [3.63, 3.8) is 0 Å². The van der Waals surface area contributed by atoms with Gasteiger partial charge in [0.1, 0.15) is 11.4 Å². The lowest BCUT2D eigenvalue weighted by Crippen LogP contribution is -2.15. The number of rotatable bonds is 3. The monoisotopic (exact) mass is 296 g/mol. The van der Waals surface area contributed by atoms with Gasteiger partial charge in [0, 0.05) is 16.6 Å². The van der Waals surface area contributed by atoms with Gasteiger partial charge in [-0.2, -0.15) is 0 Å². The Bertz CT molecular complexity index is 852. The van der Waals surface area contributed by atoms with Crippen LogP contribution in [0, 0.1) is 13.8 Å². The normalized spacial score (nSPS) is 10.8. The minimum Gasteiger partial charge on any atom is -0.507 e. The van der Waals surface area contributed by atoms with Gasteiger partial charge in [-0.05, 0) is 37.6 Å². The summed E-state index contributed by atoms with van der Waals surface area (Å²) in [5.74, 6) is -0.00454. The standard InChI is InChI=1S/C17H16N2O3/c1-10-7-8-13(11(2)17(10)21)18-16(20)9-14-12-5-3-4-6-15(12)22-19-14/h3-8,21H,9H2,1-2H3,(H,18,20). The molecule has 0 bridgehead atoms. The maximum atomic E-state index is 12.2. The number of nitrogens with one attached hydrogen (secondary N) is 1. The van der Waals surface area contributed by atoms with Crippen molar-refractivity contribution in [2.24, 2.45) is 0 Å². The number of hydrogen-bond donors (Lipinski definition) is 2. The van der Waals surface area contributed by atoms with Crippen LogP contribution in [0.1, 0.15) is 16.8 Å². The number of benzene rings is 2. The molecule has 3 rings (SSSR count). The van der Waals surface area contributed by atoms with Gasteiger partial charge >= 0.3 is 0 Å². The first-order valence-corrected chi connectivity index (χ1v) is 6.98. The third-order valence-electron chi connectivity index (χ3n) is 3.69. The second-order valence-electron chi connectivity index (χ2n) is 5.25. The summed E-state index contributed by atoms with van der Waals surface area (Å²) >= 11 is 0. The molecule has 0 spiro atoms. The molecule has 2 aromatic carbocycles. The highest BCUT2D eigenvalue weighted by Crippen LogP contribution is 2.28. The molecule has 0 aliphatic rings. The van der Waals surface area contributed by atoms with Gasteiger partial charge in [0.25, 0.3) is 0 Å². The average molecular weight is 296 g/mol. The first-order valence-electron chi connectivity index (χ1n) is 6.98. The molecule has 22 heavy (non-hydrogen) atoms. The Morgan fingerprint density at radius 3 is 2.82 bits per heavy atom. The minimum atomic E-state index is -0.203. The van der Waals surface area contributed by atoms with Crippen molar-refractivity contribution in [3.8, 4) is 5.75 Å². The SMILES string of the molecule is Cc1ccc(NC(=O)Cc2noc3ccccc23)c(C)c1O. The van der Waals surface area contributed by atoms with Crippen LogP contribution in [0.5, 0.6) is 5.75 Å². The van der Waals surface area contributed by atoms with Crippen molar-refractivity contribution in [1.82, 2.24) is 5.16 Å². The van der Waals surface area contributed by atoms with Crippen molar-refractivity contribution >= 4 is 22.6 Å². The van der Waals surface area contributed by atoms with Crippen molar-refractivity contribution in [2.75, 3.05) is 5.32 Å². The van der Waals surface area contributed by atoms with E-state index in [4.69, 9.17) is 4.52 Å². The third kappa shape index (κ3) is 2.53. The van der Waals surface area contributed by atoms with Gasteiger partial charge in [-0.25, -0.2) is 0 Å². The van der Waals surface area contributed by atoms with Crippen molar-refractivity contribution in [1.29, 1.82) is 0 Å². The summed E-state index contributed by atoms with van der Waals surface area (Å²) in [4.78, 5) is 12.2. The molecule has 5 nitrogen and oxygen atoms in total. The first kappa shape index (κ1) is 14.1. The van der Waals surface area contributed by atoms with Crippen LogP contribution in [0.2, 0.25) is 0 Å². The van der Waals surface area contributed by atoms with Crippen LogP contribution in [-0.4, -0.2) is 16.2 Å². The van der Waals surface area contributed by atoms with Gasteiger partial charge in [0.15, 0.2) is 5.58 Å². The van der Waals surface area contributed by atoms with Crippen LogP contribution >= 0.6 is 0 Å². The van der Waals surface area contributed by atoms with Gasteiger partial charge in [-0.1, -0.05) is 23.4 Å². The summed E-state index contributed by atoms with van der Waals surface area (Å²) in [5.41, 5.74) is 3.29. The Morgan fingerprint density at radius 2 is 2.00 bits per heavy atom. The van der Waals surface area contributed by atoms with Crippen LogP contribution in [0.25, 0.3) is 11.0 Å². The average Bonchev–Trinajstić information content (AvgIpc) is 2.91. The van der Waals surface area contributed by atoms with E-state index in [1.165, 1.54) is 0 Å². The molecule has 1 heterocycles. The minimum absolute atomic E-state index is 0.116. The molecule has 0 saturated heterocycles. The Morgan fingerprint density at radius 1 is 1.23 bits per heavy atom. The van der Waals surface area contributed by atoms with Crippen LogP contribution in [0.3, 0.4) is 0 Å². The maximum Gasteiger partial charge on any atom is 0.230 e. The number of phenolic OH excluding ortho intramolecular Hbond substituents is 1. The van der Waals surface area contributed by atoms with Crippen molar-refractivity contribution < 1.29 is 14.4 Å². The largest absolute Gasteiger partial charge is 0.507 e. The molecule has 0 aliphatic heterocycles. The van der Waals surface area contributed by atoms with E-state index in [1.807, 2.05) is 31.2 Å². The highest BCUT2D eigenvalue weighted by molar-refractivity contribution is 5.95. The molecule has 0 radical (unpaired) electrons. The number of aromatic nitrogens is 1. The number of carbonyl (C=O) groups excluding carboxylic acids is 1. The lowest BCUT2D eigenvalue weighted by molar-refractivity contribution is -0.115. The molecule has 0 unspecified atom stereocenters. The zero-order valence-electron chi connectivity index (χ0n) is 12.4. The highest BCUT2D eigenvalue weighted by Gasteiger charge is 2.14. The molecule has 1 aromatic heterocycles. The van der Waals surface area contributed by atoms with Crippen LogP contribution < -0.4 is 5.32 Å². The van der Waals surface area contributed by atoms with E-state index in [0.717, 1.165) is 10.9 Å². The second kappa shape index (κ2) is 5.52. The number of nitrogens with zero attached hydrogens (tertiary/aromatic N) is 1. The molecule has 0 atom stereocenters. The van der Waals surface area contributed by atoms with E-state index in [-0.39, 0.29) is 18.1 Å². The Kier molecular flexibility index (Phi) is 3.55. The topological polar surface area (TPSA) is 75.4 Å². The molecule has 0 saturated carbocycles. The molecular formula is C17H16N2O3. The third-order valence-corrected chi connectivity index (χ3v) is 3.69. The number of carbonyl (C=O) groups is 1. The fraction of sp³-hybridized carbons (Fsp3) is 0.176. The predicted molar refractivity (Wildman–Crippen MR) is 83.9 cm³/mol. The molecule has 2 N–H and O–H groups in total. The second-order valence-corrected chi connectivity index (χ2v) is 5.25. The molecule has 1 amide bonds. The van der Waals surface area contributed by atoms with E-state index in [0.29, 0.717) is 22.5 Å². The molecule has 112 valence electrons. The Hall–Kier alpha value is -2.82. The van der Waals surface area contributed by atoms with Crippen LogP contribution in [-0.2, 0) is 11.2 Å². The van der Waals surface area contributed by atoms with Crippen molar-refractivity contribution in [3.05, 3.63) is 53.2 Å². The van der Waals surface area contributed by atoms with Crippen molar-refractivity contribution in [2.45, 2.75) is 20.3 Å². The van der Waals surface area contributed by atoms with E-state index in [2.05, 4.69) is 10.5 Å². The molecular weight excluding hydrogens is 280 g/mol. The van der Waals surface area contributed by atoms with Gasteiger partial charge < -0.3 is 14.9 Å². The van der Waals surface area contributed by atoms with E-state index < -0.39 is 0 Å². The van der Waals surface area contributed by atoms with Gasteiger partial charge in [0.2, 0.25) is 5.91 Å².